The van der Waals surface area contributed by atoms with E-state index < -0.39 is 28.0 Å². The summed E-state index contributed by atoms with van der Waals surface area (Å²) in [6.07, 6.45) is 1.65. The number of hydrogen-bond donors (Lipinski definition) is 3. The fraction of sp³-hybridized carbons (Fsp3) is 0.200. The van der Waals surface area contributed by atoms with Crippen LogP contribution in [0, 0.1) is 0 Å². The molecule has 27 heavy (non-hydrogen) atoms. The van der Waals surface area contributed by atoms with Crippen molar-refractivity contribution in [2.75, 3.05) is 12.4 Å². The maximum Gasteiger partial charge on any atom is 0.179 e. The lowest BCUT2D eigenvalue weighted by molar-refractivity contribution is -0.0382. The molecule has 3 rings (SSSR count). The Morgan fingerprint density at radius 3 is 2.22 bits per heavy atom. The zero-order valence-corrected chi connectivity index (χ0v) is 16.0. The van der Waals surface area contributed by atoms with Crippen molar-refractivity contribution < 1.29 is 18.6 Å². The highest BCUT2D eigenvalue weighted by Crippen LogP contribution is 2.38. The van der Waals surface area contributed by atoms with Crippen LogP contribution in [0.3, 0.4) is 0 Å². The van der Waals surface area contributed by atoms with Gasteiger partial charge in [0.25, 0.3) is 0 Å². The third-order valence-electron chi connectivity index (χ3n) is 4.65. The van der Waals surface area contributed by atoms with Gasteiger partial charge in [-0.25, -0.2) is 8.42 Å². The van der Waals surface area contributed by atoms with E-state index in [-0.39, 0.29) is 10.6 Å². The maximum atomic E-state index is 13.0. The summed E-state index contributed by atoms with van der Waals surface area (Å²) in [6, 6.07) is 17.9. The van der Waals surface area contributed by atoms with Crippen LogP contribution >= 0.6 is 11.6 Å². The second kappa shape index (κ2) is 7.86. The quantitative estimate of drug-likeness (QED) is 0.563. The average Bonchev–Trinajstić information content (AvgIpc) is 3.21. The van der Waals surface area contributed by atoms with Gasteiger partial charge < -0.3 is 15.2 Å². The number of rotatable bonds is 7. The van der Waals surface area contributed by atoms with Crippen molar-refractivity contribution >= 4 is 21.4 Å². The van der Waals surface area contributed by atoms with Crippen molar-refractivity contribution in [1.29, 1.82) is 0 Å². The van der Waals surface area contributed by atoms with Gasteiger partial charge in [-0.1, -0.05) is 41.9 Å². The molecule has 7 heteroatoms. The van der Waals surface area contributed by atoms with E-state index in [1.165, 1.54) is 24.3 Å². The molecule has 1 aromatic heterocycles. The van der Waals surface area contributed by atoms with Crippen LogP contribution in [0.15, 0.2) is 77.8 Å². The molecule has 0 spiro atoms. The average molecular weight is 406 g/mol. The number of nitrogens with one attached hydrogen (secondary N) is 1. The highest BCUT2D eigenvalue weighted by Gasteiger charge is 2.42. The van der Waals surface area contributed by atoms with E-state index in [2.05, 4.69) is 4.98 Å². The van der Waals surface area contributed by atoms with Crippen LogP contribution in [0.5, 0.6) is 0 Å². The molecule has 3 aromatic rings. The van der Waals surface area contributed by atoms with Crippen LogP contribution in [-0.2, 0) is 15.4 Å². The van der Waals surface area contributed by atoms with Gasteiger partial charge in [0, 0.05) is 22.8 Å². The molecule has 1 heterocycles. The van der Waals surface area contributed by atoms with Crippen molar-refractivity contribution in [3.8, 4) is 0 Å². The van der Waals surface area contributed by atoms with Gasteiger partial charge in [0.05, 0.1) is 17.3 Å². The van der Waals surface area contributed by atoms with E-state index in [1.54, 1.807) is 48.7 Å². The number of hydrogen-bond acceptors (Lipinski definition) is 4. The number of aliphatic hydroxyl groups excluding tert-OH is 1. The first-order chi connectivity index (χ1) is 12.9. The first-order valence-electron chi connectivity index (χ1n) is 8.37. The SMILES string of the molecule is O=S(=O)(CC(c1ccc[nH]1)C(O)(CO)c1ccccc1)c1ccc(Cl)cc1. The lowest BCUT2D eigenvalue weighted by atomic mass is 9.81. The Balaban J connectivity index is 2.06. The lowest BCUT2D eigenvalue weighted by Crippen LogP contribution is -2.41. The Morgan fingerprint density at radius 1 is 1.00 bits per heavy atom. The number of aromatic amines is 1. The second-order valence-corrected chi connectivity index (χ2v) is 8.83. The summed E-state index contributed by atoms with van der Waals surface area (Å²) < 4.78 is 26.0. The smallest absolute Gasteiger partial charge is 0.179 e. The zero-order chi connectivity index (χ0) is 19.5. The molecule has 0 radical (unpaired) electrons. The van der Waals surface area contributed by atoms with Gasteiger partial charge in [0.1, 0.15) is 5.60 Å². The summed E-state index contributed by atoms with van der Waals surface area (Å²) >= 11 is 5.85. The first-order valence-corrected chi connectivity index (χ1v) is 10.4. The molecule has 142 valence electrons. The number of aliphatic hydroxyl groups is 2. The van der Waals surface area contributed by atoms with Gasteiger partial charge in [0.15, 0.2) is 9.84 Å². The van der Waals surface area contributed by atoms with Crippen molar-refractivity contribution in [2.24, 2.45) is 0 Å². The monoisotopic (exact) mass is 405 g/mol. The highest BCUT2D eigenvalue weighted by molar-refractivity contribution is 7.91. The van der Waals surface area contributed by atoms with Crippen LogP contribution in [0.4, 0.5) is 0 Å². The molecule has 2 aromatic carbocycles. The normalized spacial score (nSPS) is 15.2. The summed E-state index contributed by atoms with van der Waals surface area (Å²) in [7, 11) is -3.75. The summed E-state index contributed by atoms with van der Waals surface area (Å²) in [5.41, 5.74) is -0.808. The molecule has 3 N–H and O–H groups in total. The lowest BCUT2D eigenvalue weighted by Gasteiger charge is -2.34. The van der Waals surface area contributed by atoms with E-state index in [1.807, 2.05) is 0 Å². The molecule has 0 saturated carbocycles. The van der Waals surface area contributed by atoms with Gasteiger partial charge in [-0.05, 0) is 42.0 Å². The van der Waals surface area contributed by atoms with Gasteiger partial charge >= 0.3 is 0 Å². The molecule has 0 aliphatic heterocycles. The van der Waals surface area contributed by atoms with Crippen LogP contribution in [0.2, 0.25) is 5.02 Å². The molecule has 0 aliphatic carbocycles. The summed E-state index contributed by atoms with van der Waals surface area (Å²) in [5.74, 6) is -1.29. The van der Waals surface area contributed by atoms with Crippen LogP contribution < -0.4 is 0 Å². The molecular formula is C20H20ClNO4S. The van der Waals surface area contributed by atoms with Crippen LogP contribution in [0.1, 0.15) is 17.2 Å². The summed E-state index contributed by atoms with van der Waals surface area (Å²) in [6.45, 7) is -0.628. The Morgan fingerprint density at radius 2 is 1.67 bits per heavy atom. The molecular weight excluding hydrogens is 386 g/mol. The molecule has 5 nitrogen and oxygen atoms in total. The summed E-state index contributed by atoms with van der Waals surface area (Å²) in [5, 5.41) is 21.8. The van der Waals surface area contributed by atoms with Crippen LogP contribution in [-0.4, -0.2) is 36.0 Å². The van der Waals surface area contributed by atoms with E-state index >= 15 is 0 Å². The molecule has 0 aliphatic rings. The molecule has 2 unspecified atom stereocenters. The molecule has 2 atom stereocenters. The second-order valence-electron chi connectivity index (χ2n) is 6.36. The van der Waals surface area contributed by atoms with Gasteiger partial charge in [-0.15, -0.1) is 0 Å². The van der Waals surface area contributed by atoms with E-state index in [0.29, 0.717) is 16.3 Å². The molecule has 0 saturated heterocycles. The number of H-pyrrole nitrogens is 1. The van der Waals surface area contributed by atoms with Gasteiger partial charge in [0.2, 0.25) is 0 Å². The van der Waals surface area contributed by atoms with Crippen molar-refractivity contribution in [2.45, 2.75) is 16.4 Å². The Labute approximate surface area is 163 Å². The van der Waals surface area contributed by atoms with E-state index in [9.17, 15) is 18.6 Å². The molecule has 0 bridgehead atoms. The zero-order valence-electron chi connectivity index (χ0n) is 14.4. The topological polar surface area (TPSA) is 90.4 Å². The Kier molecular flexibility index (Phi) is 5.72. The van der Waals surface area contributed by atoms with Crippen molar-refractivity contribution in [3.05, 3.63) is 89.2 Å². The highest BCUT2D eigenvalue weighted by atomic mass is 35.5. The maximum absolute atomic E-state index is 13.0. The minimum Gasteiger partial charge on any atom is -0.393 e. The number of aromatic nitrogens is 1. The van der Waals surface area contributed by atoms with E-state index in [0.717, 1.165) is 0 Å². The van der Waals surface area contributed by atoms with Crippen molar-refractivity contribution in [1.82, 2.24) is 4.98 Å². The Bertz CT molecular complexity index is 973. The first kappa shape index (κ1) is 19.6. The van der Waals surface area contributed by atoms with Gasteiger partial charge in [-0.3, -0.25) is 0 Å². The number of benzene rings is 2. The molecule has 0 fully saturated rings. The predicted octanol–water partition coefficient (Wildman–Crippen LogP) is 3.11. The third-order valence-corrected chi connectivity index (χ3v) is 6.66. The number of sulfone groups is 1. The van der Waals surface area contributed by atoms with Gasteiger partial charge in [-0.2, -0.15) is 0 Å². The summed E-state index contributed by atoms with van der Waals surface area (Å²) in [4.78, 5) is 3.08. The third kappa shape index (κ3) is 4.09. The number of halogens is 1. The predicted molar refractivity (Wildman–Crippen MR) is 104 cm³/mol. The minimum atomic E-state index is -3.75. The Hall–Kier alpha value is -2.12. The molecule has 0 amide bonds. The fourth-order valence-electron chi connectivity index (χ4n) is 3.13. The van der Waals surface area contributed by atoms with Crippen LogP contribution in [0.25, 0.3) is 0 Å². The standard InChI is InChI=1S/C20H20ClNO4S/c21-16-8-10-17(11-9-16)27(25,26)13-18(19-7-4-12-22-19)20(24,14-23)15-5-2-1-3-6-15/h1-12,18,22-24H,13-14H2. The largest absolute Gasteiger partial charge is 0.393 e. The minimum absolute atomic E-state index is 0.108. The van der Waals surface area contributed by atoms with E-state index in [4.69, 9.17) is 11.6 Å². The van der Waals surface area contributed by atoms with Crippen molar-refractivity contribution in [3.63, 3.8) is 0 Å². The fourth-order valence-corrected chi connectivity index (χ4v) is 4.90.